The molecule has 7 heteroatoms. The molecule has 1 aromatic rings. The molecule has 6 nitrogen and oxygen atoms in total. The summed E-state index contributed by atoms with van der Waals surface area (Å²) < 4.78 is 14.2. The third-order valence-electron chi connectivity index (χ3n) is 4.21. The second kappa shape index (κ2) is 6.50. The van der Waals surface area contributed by atoms with Gasteiger partial charge in [-0.05, 0) is 30.5 Å². The van der Waals surface area contributed by atoms with E-state index < -0.39 is 5.82 Å². The predicted octanol–water partition coefficient (Wildman–Crippen LogP) is 1.31. The van der Waals surface area contributed by atoms with E-state index in [2.05, 4.69) is 16.3 Å². The average molecular weight is 308 g/mol. The van der Waals surface area contributed by atoms with Crippen LogP contribution in [-0.2, 0) is 11.3 Å². The Labute approximate surface area is 128 Å². The number of amides is 1. The summed E-state index contributed by atoms with van der Waals surface area (Å²) in [6.45, 7) is 0.490. The van der Waals surface area contributed by atoms with Crippen molar-refractivity contribution in [2.75, 3.05) is 11.6 Å². The second-order valence-electron chi connectivity index (χ2n) is 5.91. The topological polar surface area (TPSA) is 76.6 Å². The highest BCUT2D eigenvalue weighted by molar-refractivity contribution is 5.84. The van der Waals surface area contributed by atoms with Crippen molar-refractivity contribution in [2.45, 2.75) is 44.7 Å². The van der Waals surface area contributed by atoms with Gasteiger partial charge in [0.1, 0.15) is 18.0 Å². The molecule has 1 aliphatic carbocycles. The van der Waals surface area contributed by atoms with Crippen LogP contribution in [0.25, 0.3) is 0 Å². The lowest BCUT2D eigenvalue weighted by atomic mass is 9.95. The lowest BCUT2D eigenvalue weighted by molar-refractivity contribution is -0.118. The van der Waals surface area contributed by atoms with E-state index in [4.69, 9.17) is 0 Å². The molecule has 3 rings (SSSR count). The monoisotopic (exact) mass is 308 g/mol. The predicted molar refractivity (Wildman–Crippen MR) is 80.4 cm³/mol. The van der Waals surface area contributed by atoms with Crippen LogP contribution in [0.1, 0.15) is 37.7 Å². The first-order valence-corrected chi connectivity index (χ1v) is 7.70. The first-order chi connectivity index (χ1) is 10.6. The summed E-state index contributed by atoms with van der Waals surface area (Å²) in [5.41, 5.74) is 5.56. The molecule has 0 aromatic heterocycles. The van der Waals surface area contributed by atoms with E-state index in [-0.39, 0.29) is 23.9 Å². The molecular weight excluding hydrogens is 287 g/mol. The van der Waals surface area contributed by atoms with Crippen molar-refractivity contribution in [1.29, 1.82) is 0 Å². The number of phenols is 1. The molecule has 2 aliphatic rings. The van der Waals surface area contributed by atoms with Gasteiger partial charge in [-0.15, -0.1) is 5.53 Å². The van der Waals surface area contributed by atoms with Crippen molar-refractivity contribution >= 4 is 11.6 Å². The van der Waals surface area contributed by atoms with Gasteiger partial charge in [-0.3, -0.25) is 15.2 Å². The zero-order valence-electron chi connectivity index (χ0n) is 12.4. The second-order valence-corrected chi connectivity index (χ2v) is 5.91. The minimum Gasteiger partial charge on any atom is -0.506 e. The quantitative estimate of drug-likeness (QED) is 0.675. The molecule has 0 spiro atoms. The number of carbonyl (C=O) groups excluding carboxylic acids is 1. The number of carbonyl (C=O) groups is 1. The Hall–Kier alpha value is -1.86. The Morgan fingerprint density at radius 2 is 2.09 bits per heavy atom. The summed E-state index contributed by atoms with van der Waals surface area (Å²) in [5, 5.41) is 14.7. The average Bonchev–Trinajstić information content (AvgIpc) is 2.92. The van der Waals surface area contributed by atoms with E-state index in [1.54, 1.807) is 6.07 Å². The van der Waals surface area contributed by atoms with Crippen molar-refractivity contribution in [1.82, 2.24) is 16.3 Å². The SMILES string of the molecule is O=C1CN(c2c(O)cc(CNC3CCCCC3)cc2F)NN1. The fraction of sp³-hybridized carbons (Fsp3) is 0.533. The maximum atomic E-state index is 14.2. The first-order valence-electron chi connectivity index (χ1n) is 7.70. The fourth-order valence-corrected chi connectivity index (χ4v) is 3.06. The third-order valence-corrected chi connectivity index (χ3v) is 4.21. The van der Waals surface area contributed by atoms with E-state index >= 15 is 0 Å². The van der Waals surface area contributed by atoms with E-state index in [1.165, 1.54) is 30.3 Å². The van der Waals surface area contributed by atoms with Crippen LogP contribution < -0.4 is 21.3 Å². The number of rotatable bonds is 4. The summed E-state index contributed by atoms with van der Waals surface area (Å²) in [7, 11) is 0. The molecule has 0 atom stereocenters. The summed E-state index contributed by atoms with van der Waals surface area (Å²) >= 11 is 0. The Kier molecular flexibility index (Phi) is 4.44. The number of aromatic hydroxyl groups is 1. The Morgan fingerprint density at radius 3 is 2.73 bits per heavy atom. The fourth-order valence-electron chi connectivity index (χ4n) is 3.06. The number of nitrogens with zero attached hydrogens (tertiary/aromatic N) is 1. The number of phenolic OH excluding ortho intramolecular Hbond substituents is 1. The molecule has 2 fully saturated rings. The number of anilines is 1. The number of hydrogen-bond donors (Lipinski definition) is 4. The molecular formula is C15H21FN4O2. The zero-order valence-corrected chi connectivity index (χ0v) is 12.4. The van der Waals surface area contributed by atoms with Crippen LogP contribution in [0.4, 0.5) is 10.1 Å². The Morgan fingerprint density at radius 1 is 1.32 bits per heavy atom. The van der Waals surface area contributed by atoms with Gasteiger partial charge in [-0.25, -0.2) is 4.39 Å². The maximum absolute atomic E-state index is 14.2. The molecule has 1 saturated carbocycles. The number of halogens is 1. The number of hydrazine groups is 2. The maximum Gasteiger partial charge on any atom is 0.256 e. The molecule has 4 N–H and O–H groups in total. The normalized spacial score (nSPS) is 19.5. The number of hydrogen-bond acceptors (Lipinski definition) is 5. The van der Waals surface area contributed by atoms with Gasteiger partial charge in [-0.2, -0.15) is 0 Å². The van der Waals surface area contributed by atoms with Crippen LogP contribution >= 0.6 is 0 Å². The number of benzene rings is 1. The van der Waals surface area contributed by atoms with Crippen LogP contribution in [0.2, 0.25) is 0 Å². The largest absolute Gasteiger partial charge is 0.506 e. The third kappa shape index (κ3) is 3.31. The summed E-state index contributed by atoms with van der Waals surface area (Å²) in [5.74, 6) is -1.00. The van der Waals surface area contributed by atoms with E-state index in [9.17, 15) is 14.3 Å². The lowest BCUT2D eigenvalue weighted by Gasteiger charge is -2.23. The van der Waals surface area contributed by atoms with Crippen LogP contribution in [0.5, 0.6) is 5.75 Å². The van der Waals surface area contributed by atoms with Crippen LogP contribution in [-0.4, -0.2) is 23.6 Å². The van der Waals surface area contributed by atoms with E-state index in [0.717, 1.165) is 12.8 Å². The van der Waals surface area contributed by atoms with Gasteiger partial charge < -0.3 is 10.4 Å². The van der Waals surface area contributed by atoms with Gasteiger partial charge >= 0.3 is 0 Å². The molecule has 1 aromatic carbocycles. The summed E-state index contributed by atoms with van der Waals surface area (Å²) in [4.78, 5) is 11.2. The highest BCUT2D eigenvalue weighted by Crippen LogP contribution is 2.31. The van der Waals surface area contributed by atoms with Gasteiger partial charge in [0.15, 0.2) is 5.82 Å². The van der Waals surface area contributed by atoms with Crippen molar-refractivity contribution < 1.29 is 14.3 Å². The molecule has 1 amide bonds. The molecule has 1 heterocycles. The van der Waals surface area contributed by atoms with Crippen LogP contribution in [0.15, 0.2) is 12.1 Å². The van der Waals surface area contributed by atoms with Gasteiger partial charge in [0, 0.05) is 12.6 Å². The van der Waals surface area contributed by atoms with Crippen molar-refractivity contribution in [3.05, 3.63) is 23.5 Å². The highest BCUT2D eigenvalue weighted by Gasteiger charge is 2.25. The van der Waals surface area contributed by atoms with Gasteiger partial charge in [-0.1, -0.05) is 19.3 Å². The zero-order chi connectivity index (χ0) is 15.5. The molecule has 0 unspecified atom stereocenters. The molecule has 120 valence electrons. The van der Waals surface area contributed by atoms with Gasteiger partial charge in [0.2, 0.25) is 0 Å². The highest BCUT2D eigenvalue weighted by atomic mass is 19.1. The van der Waals surface area contributed by atoms with Gasteiger partial charge in [0.05, 0.1) is 0 Å². The Balaban J connectivity index is 1.67. The van der Waals surface area contributed by atoms with Crippen molar-refractivity contribution in [2.24, 2.45) is 0 Å². The standard InChI is InChI=1S/C15H21FN4O2/c16-12-6-10(8-17-11-4-2-1-3-5-11)7-13(21)15(12)20-9-14(22)18-19-20/h6-7,11,17,19,21H,1-5,8-9H2,(H,18,22). The van der Waals surface area contributed by atoms with Crippen molar-refractivity contribution in [3.63, 3.8) is 0 Å². The van der Waals surface area contributed by atoms with E-state index in [1.807, 2.05) is 0 Å². The molecule has 1 aliphatic heterocycles. The molecule has 0 bridgehead atoms. The molecule has 1 saturated heterocycles. The van der Waals surface area contributed by atoms with Crippen LogP contribution in [0, 0.1) is 5.82 Å². The van der Waals surface area contributed by atoms with E-state index in [0.29, 0.717) is 18.2 Å². The number of nitrogens with one attached hydrogen (secondary N) is 3. The van der Waals surface area contributed by atoms with Crippen LogP contribution in [0.3, 0.4) is 0 Å². The Bertz CT molecular complexity index is 537. The summed E-state index contributed by atoms with van der Waals surface area (Å²) in [6.07, 6.45) is 6.06. The lowest BCUT2D eigenvalue weighted by Crippen LogP contribution is -2.37. The van der Waals surface area contributed by atoms with Gasteiger partial charge in [0.25, 0.3) is 5.91 Å². The smallest absolute Gasteiger partial charge is 0.256 e. The first kappa shape index (κ1) is 15.1. The molecule has 22 heavy (non-hydrogen) atoms. The summed E-state index contributed by atoms with van der Waals surface area (Å²) in [6, 6.07) is 3.41. The molecule has 0 radical (unpaired) electrons. The minimum absolute atomic E-state index is 0.0141. The minimum atomic E-state index is -0.551. The van der Waals surface area contributed by atoms with Crippen molar-refractivity contribution in [3.8, 4) is 5.75 Å².